The van der Waals surface area contributed by atoms with E-state index in [9.17, 15) is 9.18 Å². The number of carbonyl (C=O) groups is 1. The van der Waals surface area contributed by atoms with Crippen molar-refractivity contribution in [2.24, 2.45) is 7.05 Å². The molecule has 0 fully saturated rings. The first-order chi connectivity index (χ1) is 11.6. The highest BCUT2D eigenvalue weighted by atomic mass is 19.1. The number of urea groups is 1. The van der Waals surface area contributed by atoms with Gasteiger partial charge in [0.2, 0.25) is 0 Å². The number of hydrogen-bond acceptors (Lipinski definition) is 3. The molecule has 2 aromatic heterocycles. The maximum atomic E-state index is 12.8. The Hall–Kier alpha value is -3.22. The van der Waals surface area contributed by atoms with Gasteiger partial charge in [0.05, 0.1) is 17.9 Å². The van der Waals surface area contributed by atoms with Gasteiger partial charge in [0.1, 0.15) is 11.5 Å². The van der Waals surface area contributed by atoms with Crippen LogP contribution in [0.5, 0.6) is 0 Å². The number of halogens is 1. The first kappa shape index (κ1) is 15.7. The van der Waals surface area contributed by atoms with Crippen molar-refractivity contribution in [1.29, 1.82) is 0 Å². The fraction of sp³-hybridized carbons (Fsp3) is 0.118. The third kappa shape index (κ3) is 3.75. The van der Waals surface area contributed by atoms with Crippen molar-refractivity contribution < 1.29 is 9.18 Å². The number of aromatic nitrogens is 3. The van der Waals surface area contributed by atoms with Gasteiger partial charge in [-0.05, 0) is 42.5 Å². The van der Waals surface area contributed by atoms with Crippen molar-refractivity contribution in [3.63, 3.8) is 0 Å². The van der Waals surface area contributed by atoms with Crippen LogP contribution >= 0.6 is 0 Å². The monoisotopic (exact) mass is 325 g/mol. The van der Waals surface area contributed by atoms with E-state index in [4.69, 9.17) is 0 Å². The summed E-state index contributed by atoms with van der Waals surface area (Å²) in [6.07, 6.45) is 1.71. The van der Waals surface area contributed by atoms with E-state index < -0.39 is 0 Å². The molecule has 1 aromatic carbocycles. The predicted octanol–water partition coefficient (Wildman–Crippen LogP) is 2.94. The fourth-order valence-electron chi connectivity index (χ4n) is 2.19. The Morgan fingerprint density at radius 2 is 1.96 bits per heavy atom. The van der Waals surface area contributed by atoms with Crippen molar-refractivity contribution in [1.82, 2.24) is 20.1 Å². The standard InChI is InChI=1S/C17H16FN5O/c1-23-14(10-16(22-23)15-4-2-3-9-19-15)11-20-17(24)21-13-7-5-12(18)6-8-13/h2-10H,11H2,1H3,(H2,20,21,24). The second kappa shape index (κ2) is 6.91. The SMILES string of the molecule is Cn1nc(-c2ccccn2)cc1CNC(=O)Nc1ccc(F)cc1. The first-order valence-corrected chi connectivity index (χ1v) is 7.36. The van der Waals surface area contributed by atoms with Gasteiger partial charge in [0.15, 0.2) is 0 Å². The molecular weight excluding hydrogens is 309 g/mol. The third-order valence-electron chi connectivity index (χ3n) is 3.44. The third-order valence-corrected chi connectivity index (χ3v) is 3.44. The molecule has 2 N–H and O–H groups in total. The van der Waals surface area contributed by atoms with Crippen LogP contribution in [0.15, 0.2) is 54.7 Å². The Balaban J connectivity index is 1.61. The maximum Gasteiger partial charge on any atom is 0.319 e. The van der Waals surface area contributed by atoms with Gasteiger partial charge in [0.25, 0.3) is 0 Å². The summed E-state index contributed by atoms with van der Waals surface area (Å²) in [7, 11) is 1.81. The van der Waals surface area contributed by atoms with Crippen molar-refractivity contribution >= 4 is 11.7 Å². The van der Waals surface area contributed by atoms with Gasteiger partial charge in [-0.1, -0.05) is 6.07 Å². The van der Waals surface area contributed by atoms with E-state index in [1.807, 2.05) is 24.3 Å². The van der Waals surface area contributed by atoms with Crippen LogP contribution in [0.2, 0.25) is 0 Å². The first-order valence-electron chi connectivity index (χ1n) is 7.36. The average Bonchev–Trinajstić information content (AvgIpc) is 2.97. The highest BCUT2D eigenvalue weighted by Crippen LogP contribution is 2.15. The second-order valence-electron chi connectivity index (χ2n) is 5.17. The van der Waals surface area contributed by atoms with Crippen molar-refractivity contribution in [2.45, 2.75) is 6.54 Å². The zero-order valence-electron chi connectivity index (χ0n) is 13.0. The summed E-state index contributed by atoms with van der Waals surface area (Å²) in [5.41, 5.74) is 2.88. The minimum atomic E-state index is -0.373. The lowest BCUT2D eigenvalue weighted by Gasteiger charge is -2.07. The Bertz CT molecular complexity index is 830. The van der Waals surface area contributed by atoms with Crippen molar-refractivity contribution in [3.8, 4) is 11.4 Å². The lowest BCUT2D eigenvalue weighted by atomic mass is 10.2. The Kier molecular flexibility index (Phi) is 4.51. The van der Waals surface area contributed by atoms with E-state index >= 15 is 0 Å². The summed E-state index contributed by atoms with van der Waals surface area (Å²) in [6, 6.07) is 12.7. The molecule has 2 amide bonds. The Morgan fingerprint density at radius 3 is 2.67 bits per heavy atom. The molecule has 0 spiro atoms. The lowest BCUT2D eigenvalue weighted by molar-refractivity contribution is 0.251. The van der Waals surface area contributed by atoms with E-state index in [1.165, 1.54) is 24.3 Å². The van der Waals surface area contributed by atoms with Crippen LogP contribution in [0.3, 0.4) is 0 Å². The number of benzene rings is 1. The van der Waals surface area contributed by atoms with E-state index in [-0.39, 0.29) is 11.8 Å². The molecule has 122 valence electrons. The number of rotatable bonds is 4. The van der Waals surface area contributed by atoms with Crippen molar-refractivity contribution in [3.05, 3.63) is 66.2 Å². The van der Waals surface area contributed by atoms with Crippen LogP contribution in [0.1, 0.15) is 5.69 Å². The lowest BCUT2D eigenvalue weighted by Crippen LogP contribution is -2.28. The molecule has 0 bridgehead atoms. The number of nitrogens with one attached hydrogen (secondary N) is 2. The largest absolute Gasteiger partial charge is 0.332 e. The number of carbonyl (C=O) groups excluding carboxylic acids is 1. The van der Waals surface area contributed by atoms with Crippen LogP contribution in [-0.4, -0.2) is 20.8 Å². The molecule has 3 aromatic rings. The smallest absolute Gasteiger partial charge is 0.319 e. The molecular formula is C17H16FN5O. The van der Waals surface area contributed by atoms with Gasteiger partial charge in [-0.25, -0.2) is 9.18 Å². The summed E-state index contributed by atoms with van der Waals surface area (Å²) in [4.78, 5) is 16.2. The summed E-state index contributed by atoms with van der Waals surface area (Å²) < 4.78 is 14.5. The van der Waals surface area contributed by atoms with Crippen LogP contribution in [-0.2, 0) is 13.6 Å². The second-order valence-corrected chi connectivity index (χ2v) is 5.17. The molecule has 0 aliphatic heterocycles. The predicted molar refractivity (Wildman–Crippen MR) is 88.7 cm³/mol. The molecule has 0 atom stereocenters. The van der Waals surface area contributed by atoms with Crippen LogP contribution < -0.4 is 10.6 Å². The topological polar surface area (TPSA) is 71.8 Å². The van der Waals surface area contributed by atoms with E-state index in [0.717, 1.165) is 17.1 Å². The molecule has 3 rings (SSSR count). The molecule has 0 aliphatic rings. The van der Waals surface area contributed by atoms with E-state index in [1.54, 1.807) is 17.9 Å². The summed E-state index contributed by atoms with van der Waals surface area (Å²) in [5, 5.41) is 9.77. The van der Waals surface area contributed by atoms with Gasteiger partial charge in [-0.2, -0.15) is 5.10 Å². The Morgan fingerprint density at radius 1 is 1.17 bits per heavy atom. The number of amides is 2. The molecule has 0 aliphatic carbocycles. The minimum absolute atomic E-state index is 0.309. The van der Waals surface area contributed by atoms with Gasteiger partial charge in [0, 0.05) is 18.9 Å². The van der Waals surface area contributed by atoms with Crippen LogP contribution in [0.4, 0.5) is 14.9 Å². The number of aryl methyl sites for hydroxylation is 1. The van der Waals surface area contributed by atoms with Gasteiger partial charge in [-0.3, -0.25) is 9.67 Å². The highest BCUT2D eigenvalue weighted by Gasteiger charge is 2.09. The molecule has 0 saturated carbocycles. The van der Waals surface area contributed by atoms with Crippen LogP contribution in [0, 0.1) is 5.82 Å². The fourth-order valence-corrected chi connectivity index (χ4v) is 2.19. The Labute approximate surface area is 138 Å². The van der Waals surface area contributed by atoms with Crippen LogP contribution in [0.25, 0.3) is 11.4 Å². The minimum Gasteiger partial charge on any atom is -0.332 e. The molecule has 7 heteroatoms. The molecule has 0 unspecified atom stereocenters. The number of hydrogen-bond donors (Lipinski definition) is 2. The normalized spacial score (nSPS) is 10.4. The quantitative estimate of drug-likeness (QED) is 0.775. The molecule has 2 heterocycles. The van der Waals surface area contributed by atoms with Gasteiger partial charge < -0.3 is 10.6 Å². The van der Waals surface area contributed by atoms with E-state index in [0.29, 0.717) is 12.2 Å². The average molecular weight is 325 g/mol. The van der Waals surface area contributed by atoms with Gasteiger partial charge in [-0.15, -0.1) is 0 Å². The molecule has 6 nitrogen and oxygen atoms in total. The maximum absolute atomic E-state index is 12.8. The summed E-state index contributed by atoms with van der Waals surface area (Å²) in [6.45, 7) is 0.309. The molecule has 0 saturated heterocycles. The number of pyridine rings is 1. The van der Waals surface area contributed by atoms with Gasteiger partial charge >= 0.3 is 6.03 Å². The molecule has 0 radical (unpaired) electrons. The number of anilines is 1. The zero-order chi connectivity index (χ0) is 16.9. The van der Waals surface area contributed by atoms with E-state index in [2.05, 4.69) is 20.7 Å². The highest BCUT2D eigenvalue weighted by molar-refractivity contribution is 5.89. The summed E-state index contributed by atoms with van der Waals surface area (Å²) in [5.74, 6) is -0.349. The summed E-state index contributed by atoms with van der Waals surface area (Å²) >= 11 is 0. The number of nitrogens with zero attached hydrogens (tertiary/aromatic N) is 3. The molecule has 24 heavy (non-hydrogen) atoms. The van der Waals surface area contributed by atoms with Crippen molar-refractivity contribution in [2.75, 3.05) is 5.32 Å². The zero-order valence-corrected chi connectivity index (χ0v) is 13.0.